The van der Waals surface area contributed by atoms with Crippen molar-refractivity contribution in [2.24, 2.45) is 5.92 Å². The lowest BCUT2D eigenvalue weighted by molar-refractivity contribution is 0.0925. The molecule has 2 aromatic rings. The number of hydrogen-bond donors (Lipinski definition) is 1. The van der Waals surface area contributed by atoms with E-state index in [0.717, 1.165) is 11.5 Å². The maximum absolute atomic E-state index is 12.3. The second kappa shape index (κ2) is 6.64. The average molecular weight is 334 g/mol. The van der Waals surface area contributed by atoms with E-state index in [4.69, 9.17) is 9.26 Å². The lowest BCUT2D eigenvalue weighted by atomic mass is 9.98. The number of carbonyl (C=O) groups excluding carboxylic acids is 2. The quantitative estimate of drug-likeness (QED) is 0.848. The van der Waals surface area contributed by atoms with E-state index in [9.17, 15) is 9.59 Å². The molecule has 0 unspecified atom stereocenters. The van der Waals surface area contributed by atoms with Gasteiger partial charge < -0.3 is 14.6 Å². The lowest BCUT2D eigenvalue weighted by Gasteiger charge is -2.17. The van der Waals surface area contributed by atoms with E-state index in [2.05, 4.69) is 10.5 Å². The van der Waals surface area contributed by atoms with Crippen molar-refractivity contribution >= 4 is 23.0 Å². The molecule has 1 aliphatic rings. The van der Waals surface area contributed by atoms with E-state index >= 15 is 0 Å². The number of ether oxygens (including phenoxy) is 1. The minimum absolute atomic E-state index is 0.0307. The van der Waals surface area contributed by atoms with Gasteiger partial charge in [-0.2, -0.15) is 0 Å². The Morgan fingerprint density at radius 1 is 1.39 bits per heavy atom. The molecule has 6 nitrogen and oxygen atoms in total. The van der Waals surface area contributed by atoms with Gasteiger partial charge in [0.05, 0.1) is 35.4 Å². The van der Waals surface area contributed by atoms with Gasteiger partial charge >= 0.3 is 0 Å². The van der Waals surface area contributed by atoms with Crippen LogP contribution in [0.15, 0.2) is 22.0 Å². The molecule has 0 saturated carbocycles. The molecule has 23 heavy (non-hydrogen) atoms. The number of Topliss-reactive ketones (excluding diaryl/α,β-unsaturated/α-hetero) is 1. The zero-order valence-corrected chi connectivity index (χ0v) is 13.8. The summed E-state index contributed by atoms with van der Waals surface area (Å²) in [6.07, 6.45) is 0.675. The first-order valence-corrected chi connectivity index (χ1v) is 8.31. The van der Waals surface area contributed by atoms with Crippen molar-refractivity contribution in [3.05, 3.63) is 39.4 Å². The number of thiophene rings is 1. The van der Waals surface area contributed by atoms with E-state index in [1.54, 1.807) is 11.4 Å². The Balaban J connectivity index is 1.63. The summed E-state index contributed by atoms with van der Waals surface area (Å²) in [7, 11) is 0. The van der Waals surface area contributed by atoms with Crippen LogP contribution in [0.1, 0.15) is 38.4 Å². The fraction of sp³-hybridized carbons (Fsp3) is 0.438. The first-order chi connectivity index (χ1) is 11.0. The first kappa shape index (κ1) is 15.9. The van der Waals surface area contributed by atoms with Gasteiger partial charge in [-0.25, -0.2) is 0 Å². The van der Waals surface area contributed by atoms with Crippen molar-refractivity contribution in [3.63, 3.8) is 0 Å². The van der Waals surface area contributed by atoms with Crippen molar-refractivity contribution in [2.75, 3.05) is 13.2 Å². The van der Waals surface area contributed by atoms with Crippen LogP contribution in [0.4, 0.5) is 0 Å². The number of rotatable bonds is 5. The highest BCUT2D eigenvalue weighted by molar-refractivity contribution is 7.12. The number of carbonyl (C=O) groups is 2. The summed E-state index contributed by atoms with van der Waals surface area (Å²) in [6, 6.07) is 3.45. The molecule has 2 aromatic heterocycles. The maximum atomic E-state index is 12.3. The molecular formula is C16H18N2O4S. The highest BCUT2D eigenvalue weighted by atomic mass is 32.1. The molecule has 1 amide bonds. The molecule has 3 rings (SSSR count). The Hall–Kier alpha value is -1.99. The monoisotopic (exact) mass is 334 g/mol. The van der Waals surface area contributed by atoms with Crippen LogP contribution in [-0.4, -0.2) is 36.1 Å². The van der Waals surface area contributed by atoms with Crippen LogP contribution in [0.25, 0.3) is 0 Å². The summed E-state index contributed by atoms with van der Waals surface area (Å²) < 4.78 is 10.7. The van der Waals surface area contributed by atoms with Crippen molar-refractivity contribution in [1.29, 1.82) is 0 Å². The van der Waals surface area contributed by atoms with Crippen molar-refractivity contribution < 1.29 is 18.8 Å². The van der Waals surface area contributed by atoms with Gasteiger partial charge in [0.25, 0.3) is 5.91 Å². The van der Waals surface area contributed by atoms with Crippen LogP contribution in [0, 0.1) is 12.8 Å². The van der Waals surface area contributed by atoms with E-state index in [0.29, 0.717) is 30.1 Å². The third-order valence-corrected chi connectivity index (χ3v) is 4.89. The lowest BCUT2D eigenvalue weighted by Crippen LogP contribution is -2.40. The number of aromatic nitrogens is 1. The van der Waals surface area contributed by atoms with Gasteiger partial charge in [-0.05, 0) is 19.9 Å². The van der Waals surface area contributed by atoms with Gasteiger partial charge in [-0.3, -0.25) is 9.59 Å². The number of aryl methyl sites for hydroxylation is 1. The minimum Gasteiger partial charge on any atom is -0.379 e. The highest BCUT2D eigenvalue weighted by Crippen LogP contribution is 2.21. The maximum Gasteiger partial charge on any atom is 0.252 e. The highest BCUT2D eigenvalue weighted by Gasteiger charge is 2.31. The predicted molar refractivity (Wildman–Crippen MR) is 84.8 cm³/mol. The summed E-state index contributed by atoms with van der Waals surface area (Å²) >= 11 is 1.29. The normalized spacial score (nSPS) is 20.6. The Kier molecular flexibility index (Phi) is 4.58. The minimum atomic E-state index is -0.178. The van der Waals surface area contributed by atoms with Crippen LogP contribution < -0.4 is 5.32 Å². The van der Waals surface area contributed by atoms with Crippen molar-refractivity contribution in [1.82, 2.24) is 10.5 Å². The number of nitrogens with one attached hydrogen (secondary N) is 1. The Morgan fingerprint density at radius 3 is 2.87 bits per heavy atom. The number of nitrogens with zero attached hydrogens (tertiary/aromatic N) is 1. The fourth-order valence-corrected chi connectivity index (χ4v) is 3.41. The number of ketones is 1. The van der Waals surface area contributed by atoms with Crippen LogP contribution in [0.3, 0.4) is 0 Å². The number of amides is 1. The van der Waals surface area contributed by atoms with Crippen LogP contribution in [0.5, 0.6) is 0 Å². The van der Waals surface area contributed by atoms with Crippen molar-refractivity contribution in [2.45, 2.75) is 26.3 Å². The molecule has 0 radical (unpaired) electrons. The van der Waals surface area contributed by atoms with Gasteiger partial charge in [0.1, 0.15) is 5.76 Å². The van der Waals surface area contributed by atoms with Crippen LogP contribution in [-0.2, 0) is 11.2 Å². The van der Waals surface area contributed by atoms with E-state index in [-0.39, 0.29) is 23.7 Å². The molecule has 0 aliphatic carbocycles. The van der Waals surface area contributed by atoms with Crippen LogP contribution in [0.2, 0.25) is 0 Å². The van der Waals surface area contributed by atoms with E-state index < -0.39 is 0 Å². The van der Waals surface area contributed by atoms with E-state index in [1.165, 1.54) is 18.3 Å². The molecule has 1 saturated heterocycles. The average Bonchev–Trinajstić information content (AvgIpc) is 3.21. The Labute approximate surface area is 137 Å². The van der Waals surface area contributed by atoms with Gasteiger partial charge in [0.2, 0.25) is 0 Å². The molecule has 122 valence electrons. The second-order valence-electron chi connectivity index (χ2n) is 5.77. The first-order valence-electron chi connectivity index (χ1n) is 7.43. The molecule has 3 heterocycles. The van der Waals surface area contributed by atoms with E-state index in [1.807, 2.05) is 13.0 Å². The molecule has 0 bridgehead atoms. The van der Waals surface area contributed by atoms with Crippen LogP contribution >= 0.6 is 11.3 Å². The SMILES string of the molecule is CC(=O)c1cc(C(=O)N[C@H]2COC[C@H]2Cc2cc(C)no2)cs1. The number of hydrogen-bond acceptors (Lipinski definition) is 6. The molecule has 1 N–H and O–H groups in total. The Morgan fingerprint density at radius 2 is 2.22 bits per heavy atom. The molecule has 1 fully saturated rings. The summed E-state index contributed by atoms with van der Waals surface area (Å²) in [5.41, 5.74) is 1.36. The molecule has 2 atom stereocenters. The van der Waals surface area contributed by atoms with Gasteiger partial charge in [-0.15, -0.1) is 11.3 Å². The third kappa shape index (κ3) is 3.68. The molecule has 1 aliphatic heterocycles. The summed E-state index contributed by atoms with van der Waals surface area (Å²) in [5.74, 6) is 0.740. The smallest absolute Gasteiger partial charge is 0.252 e. The fourth-order valence-electron chi connectivity index (χ4n) is 2.62. The topological polar surface area (TPSA) is 81.4 Å². The molecular weight excluding hydrogens is 316 g/mol. The summed E-state index contributed by atoms with van der Waals surface area (Å²) in [6.45, 7) is 4.43. The molecule has 0 spiro atoms. The Bertz CT molecular complexity index is 721. The molecule has 0 aromatic carbocycles. The summed E-state index contributed by atoms with van der Waals surface area (Å²) in [5, 5.41) is 8.58. The van der Waals surface area contributed by atoms with Crippen molar-refractivity contribution in [3.8, 4) is 0 Å². The standard InChI is InChI=1S/C16H18N2O4S/c1-9-3-13(22-18-9)4-11-6-21-7-14(11)17-16(20)12-5-15(10(2)19)23-8-12/h3,5,8,11,14H,4,6-7H2,1-2H3,(H,17,20)/t11-,14+/m1/s1. The predicted octanol–water partition coefficient (Wildman–Crippen LogP) is 2.23. The van der Waals surface area contributed by atoms with Gasteiger partial charge in [0.15, 0.2) is 5.78 Å². The molecule has 7 heteroatoms. The van der Waals surface area contributed by atoms with Gasteiger partial charge in [-0.1, -0.05) is 5.16 Å². The second-order valence-corrected chi connectivity index (χ2v) is 6.68. The third-order valence-electron chi connectivity index (χ3n) is 3.86. The largest absolute Gasteiger partial charge is 0.379 e. The summed E-state index contributed by atoms with van der Waals surface area (Å²) in [4.78, 5) is 24.2. The zero-order valence-electron chi connectivity index (χ0n) is 13.0. The van der Waals surface area contributed by atoms with Gasteiger partial charge in [0, 0.05) is 23.8 Å². The zero-order chi connectivity index (χ0) is 16.4.